The second-order valence-electron chi connectivity index (χ2n) is 5.13. The Morgan fingerprint density at radius 1 is 1.45 bits per heavy atom. The van der Waals surface area contributed by atoms with Crippen molar-refractivity contribution in [1.82, 2.24) is 5.32 Å². The summed E-state index contributed by atoms with van der Waals surface area (Å²) in [5.74, 6) is 0.354. The van der Waals surface area contributed by atoms with Gasteiger partial charge in [0.25, 0.3) is 0 Å². The lowest BCUT2D eigenvalue weighted by molar-refractivity contribution is -0.129. The molecule has 1 aromatic rings. The number of hydrogen-bond donors (Lipinski definition) is 1. The maximum Gasteiger partial charge on any atom is 0.225 e. The molecule has 1 aliphatic rings. The first-order valence-electron chi connectivity index (χ1n) is 6.90. The van der Waals surface area contributed by atoms with Gasteiger partial charge in [0.1, 0.15) is 0 Å². The molecular formula is C15H21NO3S. The molecule has 20 heavy (non-hydrogen) atoms. The molecule has 0 saturated carbocycles. The van der Waals surface area contributed by atoms with Crippen molar-refractivity contribution in [3.63, 3.8) is 0 Å². The molecule has 1 amide bonds. The summed E-state index contributed by atoms with van der Waals surface area (Å²) in [6, 6.07) is 9.49. The van der Waals surface area contributed by atoms with Crippen LogP contribution in [0, 0.1) is 5.92 Å². The maximum absolute atomic E-state index is 12.3. The lowest BCUT2D eigenvalue weighted by Crippen LogP contribution is -2.39. The molecule has 2 rings (SSSR count). The SMILES string of the molecule is C[S@](=O)C[C@H](NC(=O)[C@H]1CCCOC1)c1ccccc1. The van der Waals surface area contributed by atoms with Crippen LogP contribution in [0.5, 0.6) is 0 Å². The van der Waals surface area contributed by atoms with Crippen molar-refractivity contribution in [3.8, 4) is 0 Å². The van der Waals surface area contributed by atoms with Crippen LogP contribution in [0.15, 0.2) is 30.3 Å². The average Bonchev–Trinajstić information content (AvgIpc) is 2.48. The molecule has 1 saturated heterocycles. The van der Waals surface area contributed by atoms with Crippen molar-refractivity contribution in [2.75, 3.05) is 25.2 Å². The predicted octanol–water partition coefficient (Wildman–Crippen LogP) is 1.65. The zero-order valence-corrected chi connectivity index (χ0v) is 12.5. The van der Waals surface area contributed by atoms with E-state index in [0.717, 1.165) is 25.0 Å². The fraction of sp³-hybridized carbons (Fsp3) is 0.533. The van der Waals surface area contributed by atoms with Crippen LogP contribution in [-0.2, 0) is 20.3 Å². The summed E-state index contributed by atoms with van der Waals surface area (Å²) in [5, 5.41) is 3.02. The van der Waals surface area contributed by atoms with E-state index < -0.39 is 10.8 Å². The average molecular weight is 295 g/mol. The van der Waals surface area contributed by atoms with E-state index in [1.807, 2.05) is 30.3 Å². The van der Waals surface area contributed by atoms with Crippen molar-refractivity contribution in [3.05, 3.63) is 35.9 Å². The molecule has 0 aliphatic carbocycles. The Balaban J connectivity index is 2.03. The summed E-state index contributed by atoms with van der Waals surface area (Å²) in [7, 11) is -0.963. The Morgan fingerprint density at radius 2 is 2.20 bits per heavy atom. The molecule has 110 valence electrons. The van der Waals surface area contributed by atoms with Crippen LogP contribution in [0.25, 0.3) is 0 Å². The summed E-state index contributed by atoms with van der Waals surface area (Å²) in [6.45, 7) is 1.23. The van der Waals surface area contributed by atoms with E-state index in [2.05, 4.69) is 5.32 Å². The van der Waals surface area contributed by atoms with E-state index in [-0.39, 0.29) is 17.9 Å². The first-order chi connectivity index (χ1) is 9.66. The molecule has 4 nitrogen and oxygen atoms in total. The molecule has 0 radical (unpaired) electrons. The molecule has 1 heterocycles. The second kappa shape index (κ2) is 7.55. The summed E-state index contributed by atoms with van der Waals surface area (Å²) in [6.07, 6.45) is 3.45. The highest BCUT2D eigenvalue weighted by atomic mass is 32.2. The monoisotopic (exact) mass is 295 g/mol. The van der Waals surface area contributed by atoms with Gasteiger partial charge >= 0.3 is 0 Å². The van der Waals surface area contributed by atoms with Crippen LogP contribution in [0.2, 0.25) is 0 Å². The van der Waals surface area contributed by atoms with Crippen molar-refractivity contribution < 1.29 is 13.7 Å². The van der Waals surface area contributed by atoms with Crippen LogP contribution >= 0.6 is 0 Å². The smallest absolute Gasteiger partial charge is 0.225 e. The Bertz CT molecular complexity index is 457. The van der Waals surface area contributed by atoms with Gasteiger partial charge in [-0.25, -0.2) is 0 Å². The van der Waals surface area contributed by atoms with Crippen molar-refractivity contribution >= 4 is 16.7 Å². The molecule has 3 atom stereocenters. The van der Waals surface area contributed by atoms with Crippen molar-refractivity contribution in [2.45, 2.75) is 18.9 Å². The molecule has 0 spiro atoms. The third-order valence-electron chi connectivity index (χ3n) is 3.45. The predicted molar refractivity (Wildman–Crippen MR) is 79.8 cm³/mol. The van der Waals surface area contributed by atoms with Gasteiger partial charge in [-0.05, 0) is 18.4 Å². The Kier molecular flexibility index (Phi) is 5.73. The van der Waals surface area contributed by atoms with Gasteiger partial charge in [0, 0.05) is 29.4 Å². The Labute approximate surface area is 122 Å². The highest BCUT2D eigenvalue weighted by molar-refractivity contribution is 7.84. The minimum atomic E-state index is -0.963. The first-order valence-corrected chi connectivity index (χ1v) is 8.62. The molecule has 1 aliphatic heterocycles. The van der Waals surface area contributed by atoms with Gasteiger partial charge in [0.15, 0.2) is 0 Å². The van der Waals surface area contributed by atoms with Gasteiger partial charge in [-0.3, -0.25) is 9.00 Å². The van der Waals surface area contributed by atoms with E-state index in [1.165, 1.54) is 0 Å². The topological polar surface area (TPSA) is 55.4 Å². The maximum atomic E-state index is 12.3. The highest BCUT2D eigenvalue weighted by Gasteiger charge is 2.25. The zero-order chi connectivity index (χ0) is 14.4. The molecule has 0 unspecified atom stereocenters. The van der Waals surface area contributed by atoms with E-state index in [1.54, 1.807) is 6.26 Å². The van der Waals surface area contributed by atoms with Crippen LogP contribution in [-0.4, -0.2) is 35.3 Å². The summed E-state index contributed by atoms with van der Waals surface area (Å²) >= 11 is 0. The van der Waals surface area contributed by atoms with Crippen LogP contribution in [0.4, 0.5) is 0 Å². The number of hydrogen-bond acceptors (Lipinski definition) is 3. The molecule has 1 aromatic carbocycles. The van der Waals surface area contributed by atoms with Crippen LogP contribution < -0.4 is 5.32 Å². The quantitative estimate of drug-likeness (QED) is 0.898. The summed E-state index contributed by atoms with van der Waals surface area (Å²) < 4.78 is 16.9. The second-order valence-corrected chi connectivity index (χ2v) is 6.61. The van der Waals surface area contributed by atoms with Gasteiger partial charge in [0.2, 0.25) is 5.91 Å². The van der Waals surface area contributed by atoms with Gasteiger partial charge in [-0.2, -0.15) is 0 Å². The van der Waals surface area contributed by atoms with Gasteiger partial charge in [0.05, 0.1) is 18.6 Å². The van der Waals surface area contributed by atoms with Gasteiger partial charge in [-0.15, -0.1) is 0 Å². The number of ether oxygens (including phenoxy) is 1. The lowest BCUT2D eigenvalue weighted by Gasteiger charge is -2.25. The van der Waals surface area contributed by atoms with Crippen LogP contribution in [0.1, 0.15) is 24.4 Å². The molecule has 1 fully saturated rings. The van der Waals surface area contributed by atoms with E-state index in [0.29, 0.717) is 12.4 Å². The third kappa shape index (κ3) is 4.42. The number of amides is 1. The molecule has 0 bridgehead atoms. The largest absolute Gasteiger partial charge is 0.381 e. The fourth-order valence-corrected chi connectivity index (χ4v) is 3.12. The molecule has 1 N–H and O–H groups in total. The zero-order valence-electron chi connectivity index (χ0n) is 11.7. The molecular weight excluding hydrogens is 274 g/mol. The van der Waals surface area contributed by atoms with E-state index in [4.69, 9.17) is 4.74 Å². The standard InChI is InChI=1S/C15H21NO3S/c1-20(18)11-14(12-6-3-2-4-7-12)16-15(17)13-8-5-9-19-10-13/h2-4,6-7,13-14H,5,8-11H2,1H3,(H,16,17)/t13-,14-,20-/m0/s1. The van der Waals surface area contributed by atoms with Gasteiger partial charge < -0.3 is 10.1 Å². The number of carbonyl (C=O) groups excluding carboxylic acids is 1. The van der Waals surface area contributed by atoms with Gasteiger partial charge in [-0.1, -0.05) is 30.3 Å². The molecule has 5 heteroatoms. The minimum Gasteiger partial charge on any atom is -0.381 e. The number of benzene rings is 1. The number of nitrogens with one attached hydrogen (secondary N) is 1. The fourth-order valence-electron chi connectivity index (χ4n) is 2.38. The van der Waals surface area contributed by atoms with Crippen molar-refractivity contribution in [1.29, 1.82) is 0 Å². The van der Waals surface area contributed by atoms with E-state index in [9.17, 15) is 9.00 Å². The highest BCUT2D eigenvalue weighted by Crippen LogP contribution is 2.18. The third-order valence-corrected chi connectivity index (χ3v) is 4.25. The van der Waals surface area contributed by atoms with E-state index >= 15 is 0 Å². The summed E-state index contributed by atoms with van der Waals surface area (Å²) in [4.78, 5) is 12.3. The normalized spacial score (nSPS) is 21.9. The lowest BCUT2D eigenvalue weighted by atomic mass is 10.00. The number of rotatable bonds is 5. The summed E-state index contributed by atoms with van der Waals surface area (Å²) in [5.41, 5.74) is 0.993. The van der Waals surface area contributed by atoms with Crippen molar-refractivity contribution in [2.24, 2.45) is 5.92 Å². The first kappa shape index (κ1) is 15.2. The Hall–Kier alpha value is -1.20. The number of carbonyl (C=O) groups is 1. The Morgan fingerprint density at radius 3 is 2.80 bits per heavy atom. The minimum absolute atomic E-state index is 0.00371. The van der Waals surface area contributed by atoms with Crippen LogP contribution in [0.3, 0.4) is 0 Å². The molecule has 0 aromatic heterocycles.